The van der Waals surface area contributed by atoms with Crippen LogP contribution in [0.1, 0.15) is 29.3 Å². The van der Waals surface area contributed by atoms with Gasteiger partial charge in [0.2, 0.25) is 5.91 Å². The number of hydrogen-bond acceptors (Lipinski definition) is 5. The lowest BCUT2D eigenvalue weighted by Gasteiger charge is -2.28. The standard InChI is InChI=1S/C25H22FN3O4/c1-2-33-21-11-9-20(10-12-21)29-23(30)14-22(25(29)32)28(16-17-4-3-13-27-15-17)24(31)18-5-7-19(26)8-6-18/h3-13,15,22H,2,14,16H2,1H3. The number of ether oxygens (including phenoxy) is 1. The van der Waals surface area contributed by atoms with Crippen LogP contribution in [0.25, 0.3) is 0 Å². The van der Waals surface area contributed by atoms with Crippen molar-refractivity contribution in [3.8, 4) is 5.75 Å². The number of carbonyl (C=O) groups excluding carboxylic acids is 3. The zero-order valence-electron chi connectivity index (χ0n) is 18.0. The van der Waals surface area contributed by atoms with E-state index in [0.717, 1.165) is 4.90 Å². The molecule has 0 aliphatic carbocycles. The number of imide groups is 1. The summed E-state index contributed by atoms with van der Waals surface area (Å²) >= 11 is 0. The van der Waals surface area contributed by atoms with E-state index in [-0.39, 0.29) is 18.5 Å². The van der Waals surface area contributed by atoms with Gasteiger partial charge < -0.3 is 9.64 Å². The van der Waals surface area contributed by atoms with Crippen molar-refractivity contribution < 1.29 is 23.5 Å². The molecule has 2 heterocycles. The van der Waals surface area contributed by atoms with E-state index in [4.69, 9.17) is 4.74 Å². The Balaban J connectivity index is 1.64. The summed E-state index contributed by atoms with van der Waals surface area (Å²) in [4.78, 5) is 46.0. The maximum absolute atomic E-state index is 13.4. The molecule has 3 aromatic rings. The van der Waals surface area contributed by atoms with Crippen molar-refractivity contribution in [1.82, 2.24) is 9.88 Å². The molecule has 0 N–H and O–H groups in total. The average molecular weight is 447 g/mol. The van der Waals surface area contributed by atoms with Crippen molar-refractivity contribution in [2.75, 3.05) is 11.5 Å². The van der Waals surface area contributed by atoms with E-state index < -0.39 is 29.6 Å². The van der Waals surface area contributed by atoms with Crippen LogP contribution in [0.15, 0.2) is 73.1 Å². The molecule has 1 saturated heterocycles. The van der Waals surface area contributed by atoms with Gasteiger partial charge in [0.15, 0.2) is 0 Å². The number of nitrogens with zero attached hydrogens (tertiary/aromatic N) is 3. The van der Waals surface area contributed by atoms with Gasteiger partial charge >= 0.3 is 0 Å². The maximum Gasteiger partial charge on any atom is 0.257 e. The number of carbonyl (C=O) groups is 3. The van der Waals surface area contributed by atoms with E-state index >= 15 is 0 Å². The predicted octanol–water partition coefficient (Wildman–Crippen LogP) is 3.59. The van der Waals surface area contributed by atoms with Crippen molar-refractivity contribution in [3.05, 3.63) is 90.0 Å². The summed E-state index contributed by atoms with van der Waals surface area (Å²) in [6, 6.07) is 14.2. The predicted molar refractivity (Wildman–Crippen MR) is 119 cm³/mol. The first-order valence-electron chi connectivity index (χ1n) is 10.5. The fourth-order valence-electron chi connectivity index (χ4n) is 3.76. The lowest BCUT2D eigenvalue weighted by Crippen LogP contribution is -2.45. The number of rotatable bonds is 7. The van der Waals surface area contributed by atoms with Gasteiger partial charge in [-0.05, 0) is 67.1 Å². The summed E-state index contributed by atoms with van der Waals surface area (Å²) in [7, 11) is 0. The van der Waals surface area contributed by atoms with Gasteiger partial charge in [-0.15, -0.1) is 0 Å². The van der Waals surface area contributed by atoms with Gasteiger partial charge in [0.1, 0.15) is 17.6 Å². The molecule has 0 radical (unpaired) electrons. The summed E-state index contributed by atoms with van der Waals surface area (Å²) in [5.74, 6) is -1.22. The number of halogens is 1. The Labute approximate surface area is 190 Å². The van der Waals surface area contributed by atoms with Crippen LogP contribution >= 0.6 is 0 Å². The van der Waals surface area contributed by atoms with Gasteiger partial charge in [-0.25, -0.2) is 9.29 Å². The molecule has 168 valence electrons. The number of anilines is 1. The molecule has 1 unspecified atom stereocenters. The molecule has 0 spiro atoms. The van der Waals surface area contributed by atoms with Crippen molar-refractivity contribution in [2.45, 2.75) is 25.9 Å². The molecule has 1 aromatic heterocycles. The van der Waals surface area contributed by atoms with E-state index in [2.05, 4.69) is 4.98 Å². The van der Waals surface area contributed by atoms with E-state index in [1.165, 1.54) is 29.2 Å². The van der Waals surface area contributed by atoms with Crippen LogP contribution in [0, 0.1) is 5.82 Å². The number of aromatic nitrogens is 1. The molecule has 33 heavy (non-hydrogen) atoms. The monoisotopic (exact) mass is 447 g/mol. The third kappa shape index (κ3) is 4.74. The van der Waals surface area contributed by atoms with Gasteiger partial charge in [-0.3, -0.25) is 19.4 Å². The molecule has 1 aliphatic rings. The minimum atomic E-state index is -0.998. The van der Waals surface area contributed by atoms with E-state index in [1.54, 1.807) is 48.8 Å². The minimum absolute atomic E-state index is 0.0743. The Hall–Kier alpha value is -4.07. The minimum Gasteiger partial charge on any atom is -0.494 e. The second-order valence-electron chi connectivity index (χ2n) is 7.52. The fraction of sp³-hybridized carbons (Fsp3) is 0.200. The summed E-state index contributed by atoms with van der Waals surface area (Å²) < 4.78 is 18.8. The Kier molecular flexibility index (Phi) is 6.44. The van der Waals surface area contributed by atoms with Crippen LogP contribution in [-0.4, -0.2) is 40.3 Å². The first-order valence-corrected chi connectivity index (χ1v) is 10.5. The highest BCUT2D eigenvalue weighted by atomic mass is 19.1. The third-order valence-electron chi connectivity index (χ3n) is 5.33. The van der Waals surface area contributed by atoms with E-state index in [0.29, 0.717) is 23.6 Å². The van der Waals surface area contributed by atoms with Crippen LogP contribution < -0.4 is 9.64 Å². The van der Waals surface area contributed by atoms with E-state index in [1.807, 2.05) is 6.92 Å². The zero-order chi connectivity index (χ0) is 23.4. The topological polar surface area (TPSA) is 79.8 Å². The van der Waals surface area contributed by atoms with Crippen molar-refractivity contribution in [2.24, 2.45) is 0 Å². The lowest BCUT2D eigenvalue weighted by atomic mass is 10.1. The molecular weight excluding hydrogens is 425 g/mol. The van der Waals surface area contributed by atoms with Crippen LogP contribution in [-0.2, 0) is 16.1 Å². The Bertz CT molecular complexity index is 1150. The van der Waals surface area contributed by atoms with Crippen LogP contribution in [0.3, 0.4) is 0 Å². The summed E-state index contributed by atoms with van der Waals surface area (Å²) in [6.07, 6.45) is 3.04. The van der Waals surface area contributed by atoms with Crippen LogP contribution in [0.5, 0.6) is 5.75 Å². The highest BCUT2D eigenvalue weighted by Crippen LogP contribution is 2.29. The Morgan fingerprint density at radius 1 is 1.12 bits per heavy atom. The number of benzene rings is 2. The van der Waals surface area contributed by atoms with E-state index in [9.17, 15) is 18.8 Å². The SMILES string of the molecule is CCOc1ccc(N2C(=O)CC(N(Cc3cccnc3)C(=O)c3ccc(F)cc3)C2=O)cc1. The third-order valence-corrected chi connectivity index (χ3v) is 5.33. The quantitative estimate of drug-likeness (QED) is 0.517. The molecule has 7 nitrogen and oxygen atoms in total. The van der Waals surface area contributed by atoms with Crippen LogP contribution in [0.2, 0.25) is 0 Å². The molecule has 4 rings (SSSR count). The second kappa shape index (κ2) is 9.60. The molecule has 3 amide bonds. The fourth-order valence-corrected chi connectivity index (χ4v) is 3.76. The first kappa shape index (κ1) is 22.1. The summed E-state index contributed by atoms with van der Waals surface area (Å²) in [6.45, 7) is 2.43. The van der Waals surface area contributed by atoms with Gasteiger partial charge in [0, 0.05) is 24.5 Å². The molecule has 0 saturated carbocycles. The summed E-state index contributed by atoms with van der Waals surface area (Å²) in [5.41, 5.74) is 1.33. The smallest absolute Gasteiger partial charge is 0.257 e. The molecule has 1 aliphatic heterocycles. The second-order valence-corrected chi connectivity index (χ2v) is 7.52. The largest absolute Gasteiger partial charge is 0.494 e. The lowest BCUT2D eigenvalue weighted by molar-refractivity contribution is -0.122. The molecule has 8 heteroatoms. The zero-order valence-corrected chi connectivity index (χ0v) is 18.0. The summed E-state index contributed by atoms with van der Waals surface area (Å²) in [5, 5.41) is 0. The molecule has 1 fully saturated rings. The molecule has 1 atom stereocenters. The first-order chi connectivity index (χ1) is 16.0. The Morgan fingerprint density at radius 2 is 1.85 bits per heavy atom. The highest BCUT2D eigenvalue weighted by Gasteiger charge is 2.44. The van der Waals surface area contributed by atoms with Gasteiger partial charge in [0.05, 0.1) is 18.7 Å². The number of pyridine rings is 1. The Morgan fingerprint density at radius 3 is 2.48 bits per heavy atom. The van der Waals surface area contributed by atoms with Crippen LogP contribution in [0.4, 0.5) is 10.1 Å². The molecule has 0 bridgehead atoms. The number of hydrogen-bond donors (Lipinski definition) is 0. The molecular formula is C25H22FN3O4. The van der Waals surface area contributed by atoms with Gasteiger partial charge in [-0.1, -0.05) is 6.07 Å². The number of amides is 3. The van der Waals surface area contributed by atoms with Crippen molar-refractivity contribution >= 4 is 23.4 Å². The molecule has 2 aromatic carbocycles. The normalized spacial score (nSPS) is 15.6. The maximum atomic E-state index is 13.4. The van der Waals surface area contributed by atoms with Crippen molar-refractivity contribution in [1.29, 1.82) is 0 Å². The average Bonchev–Trinajstić information content (AvgIpc) is 3.12. The highest BCUT2D eigenvalue weighted by molar-refractivity contribution is 6.23. The van der Waals surface area contributed by atoms with Gasteiger partial charge in [0.25, 0.3) is 11.8 Å². The van der Waals surface area contributed by atoms with Gasteiger partial charge in [-0.2, -0.15) is 0 Å². The van der Waals surface area contributed by atoms with Crippen molar-refractivity contribution in [3.63, 3.8) is 0 Å².